The number of amides is 1. The molecule has 1 saturated heterocycles. The first-order valence-corrected chi connectivity index (χ1v) is 10.5. The molecule has 12 heteroatoms. The third-order valence-corrected chi connectivity index (χ3v) is 6.33. The summed E-state index contributed by atoms with van der Waals surface area (Å²) in [5.74, 6) is 0.402. The van der Waals surface area contributed by atoms with Crippen LogP contribution in [0.15, 0.2) is 27.8 Å². The topological polar surface area (TPSA) is 74.4 Å². The number of nitrogens with two attached hydrogens (primary N) is 1. The Bertz CT molecular complexity index is 818. The zero-order valence-corrected chi connectivity index (χ0v) is 18.5. The Morgan fingerprint density at radius 3 is 2.57 bits per heavy atom. The van der Waals surface area contributed by atoms with Gasteiger partial charge in [-0.05, 0) is 28.1 Å². The van der Waals surface area contributed by atoms with Gasteiger partial charge in [0.2, 0.25) is 5.91 Å². The molecule has 0 aliphatic carbocycles. The highest BCUT2D eigenvalue weighted by Crippen LogP contribution is 2.32. The minimum Gasteiger partial charge on any atom is -0.495 e. The van der Waals surface area contributed by atoms with E-state index in [2.05, 4.69) is 25.9 Å². The number of carbonyl (C=O) groups is 1. The highest BCUT2D eigenvalue weighted by Gasteiger charge is 2.49. The summed E-state index contributed by atoms with van der Waals surface area (Å²) in [7, 11) is 1.59. The number of hydrogen-bond donors (Lipinski definition) is 1. The molecule has 0 saturated carbocycles. The number of piperazine rings is 1. The fourth-order valence-corrected chi connectivity index (χ4v) is 4.31. The molecule has 166 valence electrons. The predicted octanol–water partition coefficient (Wildman–Crippen LogP) is 2.27. The summed E-state index contributed by atoms with van der Waals surface area (Å²) in [6, 6.07) is 4.88. The number of ether oxygens (including phenoxy) is 1. The molecule has 1 aromatic carbocycles. The number of halogens is 5. The lowest BCUT2D eigenvalue weighted by Crippen LogP contribution is -2.52. The predicted molar refractivity (Wildman–Crippen MR) is 112 cm³/mol. The van der Waals surface area contributed by atoms with Crippen molar-refractivity contribution < 1.29 is 22.7 Å². The van der Waals surface area contributed by atoms with E-state index in [9.17, 15) is 18.0 Å². The molecule has 2 aliphatic heterocycles. The van der Waals surface area contributed by atoms with Crippen molar-refractivity contribution in [3.05, 3.63) is 22.7 Å². The highest BCUT2D eigenvalue weighted by molar-refractivity contribution is 9.10. The van der Waals surface area contributed by atoms with Crippen LogP contribution >= 0.6 is 27.5 Å². The zero-order chi connectivity index (χ0) is 22.1. The minimum atomic E-state index is -4.66. The van der Waals surface area contributed by atoms with Crippen molar-refractivity contribution >= 4 is 44.8 Å². The maximum atomic E-state index is 13.1. The zero-order valence-electron chi connectivity index (χ0n) is 16.2. The molecule has 0 spiro atoms. The van der Waals surface area contributed by atoms with Gasteiger partial charge >= 0.3 is 6.18 Å². The van der Waals surface area contributed by atoms with Crippen molar-refractivity contribution in [2.45, 2.75) is 17.6 Å². The summed E-state index contributed by atoms with van der Waals surface area (Å²) in [6.07, 6.45) is -4.66. The van der Waals surface area contributed by atoms with Crippen LogP contribution in [0.3, 0.4) is 0 Å². The second-order valence-electron chi connectivity index (χ2n) is 6.97. The quantitative estimate of drug-likeness (QED) is 0.613. The van der Waals surface area contributed by atoms with Gasteiger partial charge in [0.15, 0.2) is 5.71 Å². The Kier molecular flexibility index (Phi) is 7.03. The van der Waals surface area contributed by atoms with Gasteiger partial charge in [-0.25, -0.2) is 0 Å². The van der Waals surface area contributed by atoms with Crippen LogP contribution in [-0.2, 0) is 4.79 Å². The van der Waals surface area contributed by atoms with Crippen LogP contribution in [0.2, 0.25) is 0 Å². The number of rotatable bonds is 5. The number of alkyl halides is 4. The number of benzene rings is 1. The molecule has 7 nitrogen and oxygen atoms in total. The maximum Gasteiger partial charge on any atom is 0.432 e. The van der Waals surface area contributed by atoms with E-state index in [1.54, 1.807) is 12.0 Å². The molecule has 2 unspecified atom stereocenters. The Morgan fingerprint density at radius 2 is 2.00 bits per heavy atom. The lowest BCUT2D eigenvalue weighted by Gasteiger charge is -2.37. The fraction of sp³-hybridized carbons (Fsp3) is 0.556. The lowest BCUT2D eigenvalue weighted by molar-refractivity contribution is -0.133. The highest BCUT2D eigenvalue weighted by atomic mass is 79.9. The van der Waals surface area contributed by atoms with E-state index in [0.29, 0.717) is 31.9 Å². The summed E-state index contributed by atoms with van der Waals surface area (Å²) in [4.78, 5) is 16.4. The second-order valence-corrected chi connectivity index (χ2v) is 8.30. The third kappa shape index (κ3) is 4.78. The van der Waals surface area contributed by atoms with E-state index >= 15 is 0 Å². The molecule has 0 bridgehead atoms. The van der Waals surface area contributed by atoms with Crippen molar-refractivity contribution in [2.75, 3.05) is 51.3 Å². The van der Waals surface area contributed by atoms with Crippen molar-refractivity contribution in [3.63, 3.8) is 0 Å². The Morgan fingerprint density at radius 1 is 1.33 bits per heavy atom. The molecule has 2 N–H and O–H groups in total. The van der Waals surface area contributed by atoms with Gasteiger partial charge in [0.25, 0.3) is 0 Å². The average Bonchev–Trinajstić information content (AvgIpc) is 3.03. The molecule has 3 rings (SSSR count). The van der Waals surface area contributed by atoms with Crippen molar-refractivity contribution in [2.24, 2.45) is 10.8 Å². The van der Waals surface area contributed by atoms with Gasteiger partial charge in [-0.1, -0.05) is 0 Å². The second kappa shape index (κ2) is 9.19. The standard InChI is InChI=1S/C18H22BrClF3N5O2/c1-30-14-8-11(2-3-12(14)19)26-4-6-27(7-5-26)15(29)10-28-13(9-24)16(20)17(25-28)18(21,22)23/h2-3,8,13,16H,4-7,9-10,24H2,1H3. The number of carbonyl (C=O) groups excluding carboxylic acids is 1. The summed E-state index contributed by atoms with van der Waals surface area (Å²) in [6.45, 7) is 1.63. The van der Waals surface area contributed by atoms with Crippen LogP contribution in [0.25, 0.3) is 0 Å². The van der Waals surface area contributed by atoms with Gasteiger partial charge in [0.05, 0.1) is 17.6 Å². The van der Waals surface area contributed by atoms with Crippen molar-refractivity contribution in [1.82, 2.24) is 9.91 Å². The van der Waals surface area contributed by atoms with E-state index in [0.717, 1.165) is 15.2 Å². The third-order valence-electron chi connectivity index (χ3n) is 5.18. The smallest absolute Gasteiger partial charge is 0.432 e. The monoisotopic (exact) mass is 511 g/mol. The first-order chi connectivity index (χ1) is 14.2. The molecular formula is C18H22BrClF3N5O2. The molecule has 1 amide bonds. The first-order valence-electron chi connectivity index (χ1n) is 9.28. The SMILES string of the molecule is COc1cc(N2CCN(C(=O)CN3N=C(C(F)(F)F)C(Cl)C3CN)CC2)ccc1Br. The first kappa shape index (κ1) is 23.0. The van der Waals surface area contributed by atoms with Crippen LogP contribution in [0, 0.1) is 0 Å². The van der Waals surface area contributed by atoms with Crippen LogP contribution in [0.5, 0.6) is 5.75 Å². The van der Waals surface area contributed by atoms with Gasteiger partial charge in [-0.2, -0.15) is 18.3 Å². The fourth-order valence-electron chi connectivity index (χ4n) is 3.51. The number of methoxy groups -OCH3 is 1. The number of hydrogen-bond acceptors (Lipinski definition) is 6. The summed E-state index contributed by atoms with van der Waals surface area (Å²) in [5, 5.41) is 3.22. The van der Waals surface area contributed by atoms with Gasteiger partial charge < -0.3 is 20.3 Å². The van der Waals surface area contributed by atoms with E-state index in [1.165, 1.54) is 0 Å². The Balaban J connectivity index is 1.61. The molecular weight excluding hydrogens is 491 g/mol. The van der Waals surface area contributed by atoms with Crippen molar-refractivity contribution in [3.8, 4) is 5.75 Å². The van der Waals surface area contributed by atoms with E-state index < -0.39 is 23.3 Å². The van der Waals surface area contributed by atoms with Gasteiger partial charge in [0.1, 0.15) is 17.7 Å². The maximum absolute atomic E-state index is 13.1. The van der Waals surface area contributed by atoms with Crippen LogP contribution in [-0.4, -0.2) is 85.5 Å². The summed E-state index contributed by atoms with van der Waals surface area (Å²) in [5.41, 5.74) is 5.44. The minimum absolute atomic E-state index is 0.135. The van der Waals surface area contributed by atoms with Gasteiger partial charge in [-0.15, -0.1) is 11.6 Å². The van der Waals surface area contributed by atoms with Crippen LogP contribution in [0.1, 0.15) is 0 Å². The molecule has 0 aromatic heterocycles. The number of nitrogens with zero attached hydrogens (tertiary/aromatic N) is 4. The van der Waals surface area contributed by atoms with Crippen LogP contribution < -0.4 is 15.4 Å². The lowest BCUT2D eigenvalue weighted by atomic mass is 10.1. The van der Waals surface area contributed by atoms with E-state index in [-0.39, 0.29) is 19.0 Å². The van der Waals surface area contributed by atoms with Crippen LogP contribution in [0.4, 0.5) is 18.9 Å². The van der Waals surface area contributed by atoms with Crippen molar-refractivity contribution in [1.29, 1.82) is 0 Å². The molecule has 2 heterocycles. The molecule has 2 atom stereocenters. The molecule has 2 aliphatic rings. The molecule has 1 fully saturated rings. The largest absolute Gasteiger partial charge is 0.495 e. The summed E-state index contributed by atoms with van der Waals surface area (Å²) < 4.78 is 45.4. The summed E-state index contributed by atoms with van der Waals surface area (Å²) >= 11 is 9.31. The number of hydrazone groups is 1. The normalized spacial score (nSPS) is 22.4. The average molecular weight is 513 g/mol. The Labute approximate surface area is 185 Å². The molecule has 0 radical (unpaired) electrons. The van der Waals surface area contributed by atoms with Gasteiger partial charge in [-0.3, -0.25) is 9.80 Å². The molecule has 30 heavy (non-hydrogen) atoms. The number of anilines is 1. The molecule has 1 aromatic rings. The van der Waals surface area contributed by atoms with E-state index in [1.807, 2.05) is 18.2 Å². The van der Waals surface area contributed by atoms with Gasteiger partial charge in [0, 0.05) is 44.5 Å². The van der Waals surface area contributed by atoms with E-state index in [4.69, 9.17) is 22.1 Å². The Hall–Kier alpha value is -1.72.